The van der Waals surface area contributed by atoms with Crippen molar-refractivity contribution in [3.05, 3.63) is 29.0 Å². The maximum atomic E-state index is 6.18. The van der Waals surface area contributed by atoms with E-state index in [9.17, 15) is 0 Å². The van der Waals surface area contributed by atoms with Gasteiger partial charge in [0.2, 0.25) is 0 Å². The Morgan fingerprint density at radius 3 is 2.95 bits per heavy atom. The van der Waals surface area contributed by atoms with E-state index in [1.165, 1.54) is 12.8 Å². The summed E-state index contributed by atoms with van der Waals surface area (Å²) in [6.45, 7) is 2.57. The molecule has 1 aliphatic carbocycles. The van der Waals surface area contributed by atoms with E-state index in [0.29, 0.717) is 10.9 Å². The van der Waals surface area contributed by atoms with E-state index in [1.807, 2.05) is 18.2 Å². The van der Waals surface area contributed by atoms with E-state index in [4.69, 9.17) is 27.9 Å². The van der Waals surface area contributed by atoms with Crippen LogP contribution in [0.15, 0.2) is 18.2 Å². The standard InChI is InChI=1S/C15H18Cl2N2O/c16-9-14-18-15-12(17)3-1-4-13(15)19(14)7-2-8-20-10-11-5-6-11/h1,3-4,11H,2,5-10H2. The topological polar surface area (TPSA) is 27.1 Å². The average Bonchev–Trinajstić information content (AvgIpc) is 3.20. The average molecular weight is 313 g/mol. The van der Waals surface area contributed by atoms with E-state index in [0.717, 1.165) is 49.0 Å². The van der Waals surface area contributed by atoms with Crippen LogP contribution in [-0.4, -0.2) is 22.8 Å². The van der Waals surface area contributed by atoms with E-state index in [-0.39, 0.29) is 0 Å². The number of imidazole rings is 1. The molecule has 2 aromatic rings. The highest BCUT2D eigenvalue weighted by molar-refractivity contribution is 6.34. The molecule has 0 atom stereocenters. The van der Waals surface area contributed by atoms with Crippen molar-refractivity contribution in [1.29, 1.82) is 0 Å². The molecule has 1 fully saturated rings. The van der Waals surface area contributed by atoms with Gasteiger partial charge in [0.15, 0.2) is 0 Å². The Labute approximate surface area is 128 Å². The van der Waals surface area contributed by atoms with Crippen LogP contribution in [0.3, 0.4) is 0 Å². The monoisotopic (exact) mass is 312 g/mol. The summed E-state index contributed by atoms with van der Waals surface area (Å²) in [7, 11) is 0. The van der Waals surface area contributed by atoms with Gasteiger partial charge in [-0.2, -0.15) is 0 Å². The molecule has 3 rings (SSSR count). The second-order valence-corrected chi connectivity index (χ2v) is 5.97. The summed E-state index contributed by atoms with van der Waals surface area (Å²) in [4.78, 5) is 4.53. The van der Waals surface area contributed by atoms with Gasteiger partial charge in [0.25, 0.3) is 0 Å². The summed E-state index contributed by atoms with van der Waals surface area (Å²) in [5.41, 5.74) is 1.89. The molecule has 0 radical (unpaired) electrons. The first-order chi connectivity index (χ1) is 9.79. The smallest absolute Gasteiger partial charge is 0.124 e. The Bertz CT molecular complexity index is 593. The highest BCUT2D eigenvalue weighted by Crippen LogP contribution is 2.29. The van der Waals surface area contributed by atoms with Gasteiger partial charge in [-0.25, -0.2) is 4.98 Å². The number of aryl methyl sites for hydroxylation is 1. The predicted molar refractivity (Wildman–Crippen MR) is 82.5 cm³/mol. The number of para-hydroxylation sites is 1. The molecule has 0 unspecified atom stereocenters. The number of ether oxygens (including phenoxy) is 1. The Morgan fingerprint density at radius 1 is 1.35 bits per heavy atom. The van der Waals surface area contributed by atoms with Crippen LogP contribution in [0, 0.1) is 5.92 Å². The zero-order valence-corrected chi connectivity index (χ0v) is 12.8. The number of hydrogen-bond donors (Lipinski definition) is 0. The molecule has 108 valence electrons. The molecular formula is C15H18Cl2N2O. The molecule has 1 heterocycles. The van der Waals surface area contributed by atoms with Crippen LogP contribution < -0.4 is 0 Å². The van der Waals surface area contributed by atoms with Crippen LogP contribution in [0.2, 0.25) is 5.02 Å². The van der Waals surface area contributed by atoms with Crippen molar-refractivity contribution >= 4 is 34.2 Å². The van der Waals surface area contributed by atoms with Crippen molar-refractivity contribution in [2.24, 2.45) is 5.92 Å². The van der Waals surface area contributed by atoms with Gasteiger partial charge in [0.05, 0.1) is 16.4 Å². The fraction of sp³-hybridized carbons (Fsp3) is 0.533. The lowest BCUT2D eigenvalue weighted by atomic mass is 10.3. The van der Waals surface area contributed by atoms with Gasteiger partial charge in [-0.15, -0.1) is 11.6 Å². The summed E-state index contributed by atoms with van der Waals surface area (Å²) in [6, 6.07) is 5.84. The number of nitrogens with zero attached hydrogens (tertiary/aromatic N) is 2. The van der Waals surface area contributed by atoms with Gasteiger partial charge < -0.3 is 9.30 Å². The highest BCUT2D eigenvalue weighted by Gasteiger charge is 2.20. The number of halogens is 2. The van der Waals surface area contributed by atoms with Gasteiger partial charge in [0.1, 0.15) is 11.3 Å². The first-order valence-electron chi connectivity index (χ1n) is 7.07. The Kier molecular flexibility index (Phi) is 4.49. The highest BCUT2D eigenvalue weighted by atomic mass is 35.5. The Balaban J connectivity index is 1.67. The number of aromatic nitrogens is 2. The first kappa shape index (κ1) is 14.2. The number of rotatable bonds is 7. The predicted octanol–water partition coefficient (Wildman–Crippen LogP) is 4.25. The summed E-state index contributed by atoms with van der Waals surface area (Å²) in [6.07, 6.45) is 3.64. The van der Waals surface area contributed by atoms with Crippen molar-refractivity contribution < 1.29 is 4.74 Å². The van der Waals surface area contributed by atoms with Crippen LogP contribution in [-0.2, 0) is 17.2 Å². The Hall–Kier alpha value is -0.770. The van der Waals surface area contributed by atoms with Gasteiger partial charge >= 0.3 is 0 Å². The van der Waals surface area contributed by atoms with Crippen LogP contribution in [0.1, 0.15) is 25.1 Å². The molecule has 0 bridgehead atoms. The second-order valence-electron chi connectivity index (χ2n) is 5.29. The molecule has 0 N–H and O–H groups in total. The number of fused-ring (bicyclic) bond motifs is 1. The minimum Gasteiger partial charge on any atom is -0.381 e. The third-order valence-electron chi connectivity index (χ3n) is 3.65. The minimum atomic E-state index is 0.397. The molecule has 1 saturated carbocycles. The third kappa shape index (κ3) is 3.11. The zero-order chi connectivity index (χ0) is 13.9. The van der Waals surface area contributed by atoms with Crippen molar-refractivity contribution in [3.8, 4) is 0 Å². The van der Waals surface area contributed by atoms with Crippen molar-refractivity contribution in [3.63, 3.8) is 0 Å². The maximum absolute atomic E-state index is 6.18. The van der Waals surface area contributed by atoms with Crippen molar-refractivity contribution in [2.45, 2.75) is 31.7 Å². The summed E-state index contributed by atoms with van der Waals surface area (Å²) >= 11 is 12.2. The van der Waals surface area contributed by atoms with Crippen LogP contribution >= 0.6 is 23.2 Å². The van der Waals surface area contributed by atoms with Gasteiger partial charge in [-0.05, 0) is 37.3 Å². The molecule has 5 heteroatoms. The number of alkyl halides is 1. The van der Waals surface area contributed by atoms with Gasteiger partial charge in [0, 0.05) is 19.8 Å². The largest absolute Gasteiger partial charge is 0.381 e. The molecule has 0 aliphatic heterocycles. The fourth-order valence-electron chi connectivity index (χ4n) is 2.37. The lowest BCUT2D eigenvalue weighted by Crippen LogP contribution is -2.06. The quantitative estimate of drug-likeness (QED) is 0.564. The lowest BCUT2D eigenvalue weighted by Gasteiger charge is -2.08. The lowest BCUT2D eigenvalue weighted by molar-refractivity contribution is 0.119. The SMILES string of the molecule is ClCc1nc2c(Cl)cccc2n1CCCOCC1CC1. The van der Waals surface area contributed by atoms with Gasteiger partial charge in [-0.3, -0.25) is 0 Å². The van der Waals surface area contributed by atoms with Crippen molar-refractivity contribution in [2.75, 3.05) is 13.2 Å². The summed E-state index contributed by atoms with van der Waals surface area (Å²) in [5.74, 6) is 2.09. The Morgan fingerprint density at radius 2 is 2.20 bits per heavy atom. The zero-order valence-electron chi connectivity index (χ0n) is 11.3. The van der Waals surface area contributed by atoms with Gasteiger partial charge in [-0.1, -0.05) is 17.7 Å². The first-order valence-corrected chi connectivity index (χ1v) is 7.98. The molecule has 1 aromatic heterocycles. The summed E-state index contributed by atoms with van der Waals surface area (Å²) in [5, 5.41) is 0.678. The molecule has 0 saturated heterocycles. The van der Waals surface area contributed by atoms with Crippen LogP contribution in [0.4, 0.5) is 0 Å². The minimum absolute atomic E-state index is 0.397. The number of benzene rings is 1. The molecule has 0 spiro atoms. The molecule has 20 heavy (non-hydrogen) atoms. The molecule has 0 amide bonds. The molecule has 3 nitrogen and oxygen atoms in total. The normalized spacial score (nSPS) is 15.1. The van der Waals surface area contributed by atoms with E-state index >= 15 is 0 Å². The van der Waals surface area contributed by atoms with Crippen molar-refractivity contribution in [1.82, 2.24) is 9.55 Å². The van der Waals surface area contributed by atoms with E-state index in [1.54, 1.807) is 0 Å². The van der Waals surface area contributed by atoms with Crippen LogP contribution in [0.25, 0.3) is 11.0 Å². The van der Waals surface area contributed by atoms with E-state index in [2.05, 4.69) is 9.55 Å². The van der Waals surface area contributed by atoms with Crippen LogP contribution in [0.5, 0.6) is 0 Å². The molecule has 1 aromatic carbocycles. The number of hydrogen-bond acceptors (Lipinski definition) is 2. The van der Waals surface area contributed by atoms with E-state index < -0.39 is 0 Å². The molecular weight excluding hydrogens is 295 g/mol. The second kappa shape index (κ2) is 6.33. The summed E-state index contributed by atoms with van der Waals surface area (Å²) < 4.78 is 7.82. The molecule has 1 aliphatic rings. The maximum Gasteiger partial charge on any atom is 0.124 e. The fourth-order valence-corrected chi connectivity index (χ4v) is 2.79. The third-order valence-corrected chi connectivity index (χ3v) is 4.19.